The fraction of sp³-hybridized carbons (Fsp3) is 0.455. The third-order valence-corrected chi connectivity index (χ3v) is 1.85. The molecule has 0 spiro atoms. The minimum Gasteiger partial charge on any atom is -0.258 e. The van der Waals surface area contributed by atoms with Crippen LogP contribution in [0.5, 0.6) is 0 Å². The maximum Gasteiger partial charge on any atom is 0.0992 e. The first-order chi connectivity index (χ1) is 5.93. The summed E-state index contributed by atoms with van der Waals surface area (Å²) in [4.78, 5) is 4.40. The fourth-order valence-corrected chi connectivity index (χ4v) is 1.12. The summed E-state index contributed by atoms with van der Waals surface area (Å²) >= 11 is 0. The molecule has 0 radical (unpaired) electrons. The summed E-state index contributed by atoms with van der Waals surface area (Å²) in [6, 6.07) is 5.80. The Bertz CT molecular complexity index is 353. The second-order valence-corrected chi connectivity index (χ2v) is 4.24. The van der Waals surface area contributed by atoms with Gasteiger partial charge in [0.15, 0.2) is 0 Å². The molecule has 0 saturated carbocycles. The molecule has 13 heavy (non-hydrogen) atoms. The second kappa shape index (κ2) is 3.18. The average Bonchev–Trinajstić information content (AvgIpc) is 2.01. The highest BCUT2D eigenvalue weighted by Crippen LogP contribution is 2.21. The Kier molecular flexibility index (Phi) is 2.38. The van der Waals surface area contributed by atoms with Gasteiger partial charge in [0.25, 0.3) is 0 Å². The van der Waals surface area contributed by atoms with Crippen molar-refractivity contribution in [2.45, 2.75) is 33.1 Å². The molecule has 0 aliphatic carbocycles. The number of rotatable bonds is 0. The van der Waals surface area contributed by atoms with Crippen LogP contribution in [0.25, 0.3) is 0 Å². The van der Waals surface area contributed by atoms with Crippen LogP contribution in [0, 0.1) is 18.3 Å². The minimum atomic E-state index is 0.0115. The van der Waals surface area contributed by atoms with Crippen molar-refractivity contribution in [3.05, 3.63) is 29.1 Å². The summed E-state index contributed by atoms with van der Waals surface area (Å²) in [6.45, 7) is 8.19. The zero-order chi connectivity index (χ0) is 10.1. The monoisotopic (exact) mass is 174 g/mol. The summed E-state index contributed by atoms with van der Waals surface area (Å²) in [5.41, 5.74) is 2.59. The Morgan fingerprint density at radius 1 is 1.31 bits per heavy atom. The molecule has 68 valence electrons. The van der Waals surface area contributed by atoms with E-state index in [1.165, 1.54) is 0 Å². The molecule has 1 heterocycles. The van der Waals surface area contributed by atoms with Gasteiger partial charge in [0.05, 0.1) is 11.6 Å². The van der Waals surface area contributed by atoms with Crippen LogP contribution in [-0.4, -0.2) is 4.98 Å². The first-order valence-corrected chi connectivity index (χ1v) is 4.33. The summed E-state index contributed by atoms with van der Waals surface area (Å²) in [5.74, 6) is 0. The standard InChI is InChI=1S/C11H14N2/c1-8-5-9(7-12)6-10(13-8)11(2,3)4/h5-6H,1-4H3. The van der Waals surface area contributed by atoms with Crippen molar-refractivity contribution in [1.82, 2.24) is 4.98 Å². The number of nitriles is 1. The number of hydrogen-bond acceptors (Lipinski definition) is 2. The van der Waals surface area contributed by atoms with Gasteiger partial charge in [-0.1, -0.05) is 20.8 Å². The Hall–Kier alpha value is -1.36. The van der Waals surface area contributed by atoms with Crippen molar-refractivity contribution in [2.24, 2.45) is 0 Å². The zero-order valence-electron chi connectivity index (χ0n) is 8.55. The molecule has 2 heteroatoms. The summed E-state index contributed by atoms with van der Waals surface area (Å²) in [7, 11) is 0. The van der Waals surface area contributed by atoms with Crippen LogP contribution in [0.1, 0.15) is 37.7 Å². The number of aromatic nitrogens is 1. The van der Waals surface area contributed by atoms with Crippen molar-refractivity contribution in [2.75, 3.05) is 0 Å². The van der Waals surface area contributed by atoms with Gasteiger partial charge in [-0.3, -0.25) is 4.98 Å². The highest BCUT2D eigenvalue weighted by atomic mass is 14.7. The Morgan fingerprint density at radius 3 is 2.38 bits per heavy atom. The lowest BCUT2D eigenvalue weighted by Gasteiger charge is -2.18. The van der Waals surface area contributed by atoms with Crippen molar-refractivity contribution < 1.29 is 0 Å². The number of hydrogen-bond donors (Lipinski definition) is 0. The highest BCUT2D eigenvalue weighted by molar-refractivity contribution is 5.33. The average molecular weight is 174 g/mol. The van der Waals surface area contributed by atoms with Gasteiger partial charge in [-0.15, -0.1) is 0 Å². The molecule has 0 fully saturated rings. The second-order valence-electron chi connectivity index (χ2n) is 4.24. The smallest absolute Gasteiger partial charge is 0.0992 e. The molecule has 0 atom stereocenters. The van der Waals surface area contributed by atoms with Crippen LogP contribution in [-0.2, 0) is 5.41 Å². The number of nitrogens with zero attached hydrogens (tertiary/aromatic N) is 2. The molecule has 0 aromatic carbocycles. The van der Waals surface area contributed by atoms with Gasteiger partial charge in [-0.05, 0) is 19.1 Å². The lowest BCUT2D eigenvalue weighted by molar-refractivity contribution is 0.567. The first kappa shape index (κ1) is 9.73. The summed E-state index contributed by atoms with van der Waals surface area (Å²) in [6.07, 6.45) is 0. The molecule has 0 aliphatic rings. The van der Waals surface area contributed by atoms with Crippen LogP contribution >= 0.6 is 0 Å². The van der Waals surface area contributed by atoms with Crippen LogP contribution in [0.3, 0.4) is 0 Å². The van der Waals surface area contributed by atoms with E-state index in [-0.39, 0.29) is 5.41 Å². The van der Waals surface area contributed by atoms with Crippen LogP contribution in [0.15, 0.2) is 12.1 Å². The van der Waals surface area contributed by atoms with Crippen molar-refractivity contribution in [1.29, 1.82) is 5.26 Å². The van der Waals surface area contributed by atoms with Crippen LogP contribution in [0.4, 0.5) is 0 Å². The predicted octanol–water partition coefficient (Wildman–Crippen LogP) is 2.56. The van der Waals surface area contributed by atoms with Gasteiger partial charge in [0, 0.05) is 16.8 Å². The van der Waals surface area contributed by atoms with Gasteiger partial charge < -0.3 is 0 Å². The molecule has 0 aliphatic heterocycles. The molecule has 1 aromatic rings. The van der Waals surface area contributed by atoms with E-state index in [2.05, 4.69) is 31.8 Å². The topological polar surface area (TPSA) is 36.7 Å². The highest BCUT2D eigenvalue weighted by Gasteiger charge is 2.16. The first-order valence-electron chi connectivity index (χ1n) is 4.33. The normalized spacial score (nSPS) is 11.0. The van der Waals surface area contributed by atoms with Gasteiger partial charge in [-0.25, -0.2) is 0 Å². The molecule has 0 unspecified atom stereocenters. The van der Waals surface area contributed by atoms with E-state index < -0.39 is 0 Å². The molecule has 0 amide bonds. The molecule has 0 N–H and O–H groups in total. The van der Waals surface area contributed by atoms with Crippen molar-refractivity contribution in [3.8, 4) is 6.07 Å². The van der Waals surface area contributed by atoms with Gasteiger partial charge in [-0.2, -0.15) is 5.26 Å². The van der Waals surface area contributed by atoms with Crippen molar-refractivity contribution in [3.63, 3.8) is 0 Å². The quantitative estimate of drug-likeness (QED) is 0.606. The molecule has 0 saturated heterocycles. The fourth-order valence-electron chi connectivity index (χ4n) is 1.12. The summed E-state index contributed by atoms with van der Waals surface area (Å²) in [5, 5.41) is 8.77. The summed E-state index contributed by atoms with van der Waals surface area (Å²) < 4.78 is 0. The molecule has 1 rings (SSSR count). The molecule has 1 aromatic heterocycles. The molecular weight excluding hydrogens is 160 g/mol. The molecular formula is C11H14N2. The SMILES string of the molecule is Cc1cc(C#N)cc(C(C)(C)C)n1. The van der Waals surface area contributed by atoms with Gasteiger partial charge in [0.1, 0.15) is 0 Å². The Labute approximate surface area is 79.2 Å². The van der Waals surface area contributed by atoms with E-state index in [9.17, 15) is 0 Å². The van der Waals surface area contributed by atoms with E-state index in [4.69, 9.17) is 5.26 Å². The van der Waals surface area contributed by atoms with Gasteiger partial charge >= 0.3 is 0 Å². The van der Waals surface area contributed by atoms with E-state index in [0.29, 0.717) is 5.56 Å². The molecule has 0 bridgehead atoms. The minimum absolute atomic E-state index is 0.0115. The Balaban J connectivity index is 3.26. The van der Waals surface area contributed by atoms with E-state index in [1.54, 1.807) is 6.07 Å². The van der Waals surface area contributed by atoms with Gasteiger partial charge in [0.2, 0.25) is 0 Å². The zero-order valence-corrected chi connectivity index (χ0v) is 8.55. The maximum atomic E-state index is 8.77. The van der Waals surface area contributed by atoms with Crippen molar-refractivity contribution >= 4 is 0 Å². The number of aryl methyl sites for hydroxylation is 1. The number of pyridine rings is 1. The largest absolute Gasteiger partial charge is 0.258 e. The van der Waals surface area contributed by atoms with Crippen LogP contribution < -0.4 is 0 Å². The lowest BCUT2D eigenvalue weighted by atomic mass is 9.90. The Morgan fingerprint density at radius 2 is 1.92 bits per heavy atom. The van der Waals surface area contributed by atoms with E-state index in [1.807, 2.05) is 13.0 Å². The maximum absolute atomic E-state index is 8.77. The lowest BCUT2D eigenvalue weighted by Crippen LogP contribution is -2.14. The third-order valence-electron chi connectivity index (χ3n) is 1.85. The van der Waals surface area contributed by atoms with E-state index in [0.717, 1.165) is 11.4 Å². The van der Waals surface area contributed by atoms with E-state index >= 15 is 0 Å². The van der Waals surface area contributed by atoms with Crippen LogP contribution in [0.2, 0.25) is 0 Å². The molecule has 2 nitrogen and oxygen atoms in total. The third kappa shape index (κ3) is 2.29. The predicted molar refractivity (Wildman–Crippen MR) is 52.4 cm³/mol.